The van der Waals surface area contributed by atoms with Crippen LogP contribution in [0.3, 0.4) is 0 Å². The Morgan fingerprint density at radius 3 is 2.77 bits per heavy atom. The molecular weight excluding hydrogens is 294 g/mol. The highest BCUT2D eigenvalue weighted by Gasteiger charge is 2.41. The van der Waals surface area contributed by atoms with Crippen molar-refractivity contribution in [3.05, 3.63) is 35.0 Å². The molecular formula is C16H21N5S. The average Bonchev–Trinajstić information content (AvgIpc) is 3.20. The minimum atomic E-state index is 0.411. The van der Waals surface area contributed by atoms with Gasteiger partial charge in [0.15, 0.2) is 0 Å². The Hall–Kier alpha value is -1.53. The second kappa shape index (κ2) is 5.93. The SMILES string of the molecule is c1cnc(N2CCC[C@]3(CCN(Cc4nccs4)C3)C2)nc1. The molecule has 0 amide bonds. The van der Waals surface area contributed by atoms with E-state index in [1.54, 1.807) is 11.3 Å². The summed E-state index contributed by atoms with van der Waals surface area (Å²) in [5.41, 5.74) is 0.411. The average molecular weight is 315 g/mol. The lowest BCUT2D eigenvalue weighted by atomic mass is 9.79. The van der Waals surface area contributed by atoms with E-state index in [1.807, 2.05) is 24.7 Å². The maximum absolute atomic E-state index is 4.43. The van der Waals surface area contributed by atoms with Gasteiger partial charge in [-0.2, -0.15) is 0 Å². The van der Waals surface area contributed by atoms with Gasteiger partial charge >= 0.3 is 0 Å². The number of hydrogen-bond acceptors (Lipinski definition) is 6. The fourth-order valence-electron chi connectivity index (χ4n) is 3.85. The summed E-state index contributed by atoms with van der Waals surface area (Å²) in [6.45, 7) is 5.53. The van der Waals surface area contributed by atoms with Crippen LogP contribution in [0.5, 0.6) is 0 Å². The van der Waals surface area contributed by atoms with Crippen LogP contribution < -0.4 is 4.90 Å². The number of likely N-dealkylation sites (tertiary alicyclic amines) is 1. The Bertz CT molecular complexity index is 602. The number of anilines is 1. The van der Waals surface area contributed by atoms with Gasteiger partial charge in [0.25, 0.3) is 0 Å². The van der Waals surface area contributed by atoms with E-state index in [2.05, 4.69) is 30.1 Å². The van der Waals surface area contributed by atoms with E-state index in [0.717, 1.165) is 25.6 Å². The molecule has 0 radical (unpaired) electrons. The minimum absolute atomic E-state index is 0.411. The molecule has 22 heavy (non-hydrogen) atoms. The Labute approximate surface area is 135 Å². The van der Waals surface area contributed by atoms with Crippen molar-refractivity contribution in [3.63, 3.8) is 0 Å². The number of thiazole rings is 1. The fourth-order valence-corrected chi connectivity index (χ4v) is 4.51. The van der Waals surface area contributed by atoms with Crippen LogP contribution in [-0.4, -0.2) is 46.0 Å². The summed E-state index contributed by atoms with van der Waals surface area (Å²) in [6, 6.07) is 1.88. The van der Waals surface area contributed by atoms with E-state index in [9.17, 15) is 0 Å². The monoisotopic (exact) mass is 315 g/mol. The predicted octanol–water partition coefficient (Wildman–Crippen LogP) is 2.43. The zero-order valence-electron chi connectivity index (χ0n) is 12.7. The highest BCUT2D eigenvalue weighted by Crippen LogP contribution is 2.40. The van der Waals surface area contributed by atoms with Crippen molar-refractivity contribution >= 4 is 17.3 Å². The third-order valence-corrected chi connectivity index (χ3v) is 5.62. The topological polar surface area (TPSA) is 45.2 Å². The van der Waals surface area contributed by atoms with Crippen LogP contribution in [0, 0.1) is 5.41 Å². The maximum Gasteiger partial charge on any atom is 0.225 e. The first-order valence-electron chi connectivity index (χ1n) is 7.96. The van der Waals surface area contributed by atoms with Crippen LogP contribution in [0.1, 0.15) is 24.3 Å². The molecule has 116 valence electrons. The zero-order chi connectivity index (χ0) is 14.8. The number of hydrogen-bond donors (Lipinski definition) is 0. The molecule has 0 saturated carbocycles. The molecule has 5 nitrogen and oxygen atoms in total. The smallest absolute Gasteiger partial charge is 0.225 e. The molecule has 0 unspecified atom stereocenters. The van der Waals surface area contributed by atoms with Crippen LogP contribution in [0.2, 0.25) is 0 Å². The minimum Gasteiger partial charge on any atom is -0.340 e. The van der Waals surface area contributed by atoms with Crippen molar-refractivity contribution < 1.29 is 0 Å². The third kappa shape index (κ3) is 2.85. The highest BCUT2D eigenvalue weighted by molar-refractivity contribution is 7.09. The molecule has 4 rings (SSSR count). The van der Waals surface area contributed by atoms with Crippen LogP contribution in [0.15, 0.2) is 30.0 Å². The summed E-state index contributed by atoms with van der Waals surface area (Å²) in [5.74, 6) is 0.889. The van der Waals surface area contributed by atoms with E-state index < -0.39 is 0 Å². The molecule has 0 N–H and O–H groups in total. The van der Waals surface area contributed by atoms with Crippen molar-refractivity contribution in [2.45, 2.75) is 25.8 Å². The maximum atomic E-state index is 4.43. The Morgan fingerprint density at radius 2 is 1.95 bits per heavy atom. The number of nitrogens with zero attached hydrogens (tertiary/aromatic N) is 5. The Morgan fingerprint density at radius 1 is 1.05 bits per heavy atom. The number of rotatable bonds is 3. The number of aromatic nitrogens is 3. The predicted molar refractivity (Wildman–Crippen MR) is 87.9 cm³/mol. The van der Waals surface area contributed by atoms with Crippen molar-refractivity contribution in [1.29, 1.82) is 0 Å². The van der Waals surface area contributed by atoms with E-state index >= 15 is 0 Å². The lowest BCUT2D eigenvalue weighted by Gasteiger charge is -2.40. The van der Waals surface area contributed by atoms with Gasteiger partial charge in [0.05, 0.1) is 6.54 Å². The third-order valence-electron chi connectivity index (χ3n) is 4.86. The van der Waals surface area contributed by atoms with Crippen molar-refractivity contribution in [1.82, 2.24) is 19.9 Å². The molecule has 2 aromatic rings. The second-order valence-electron chi connectivity index (χ2n) is 6.46. The van der Waals surface area contributed by atoms with Gasteiger partial charge in [0, 0.05) is 49.0 Å². The normalized spacial score (nSPS) is 25.9. The fraction of sp³-hybridized carbons (Fsp3) is 0.562. The van der Waals surface area contributed by atoms with E-state index in [-0.39, 0.29) is 0 Å². The van der Waals surface area contributed by atoms with Gasteiger partial charge in [-0.25, -0.2) is 15.0 Å². The van der Waals surface area contributed by atoms with Gasteiger partial charge in [-0.3, -0.25) is 4.90 Å². The molecule has 4 heterocycles. The van der Waals surface area contributed by atoms with E-state index in [1.165, 1.54) is 37.4 Å². The first kappa shape index (κ1) is 14.1. The molecule has 1 spiro atoms. The van der Waals surface area contributed by atoms with E-state index in [0.29, 0.717) is 5.41 Å². The molecule has 2 fully saturated rings. The van der Waals surface area contributed by atoms with E-state index in [4.69, 9.17) is 0 Å². The van der Waals surface area contributed by atoms with Crippen LogP contribution in [0.4, 0.5) is 5.95 Å². The molecule has 2 aliphatic rings. The summed E-state index contributed by atoms with van der Waals surface area (Å²) >= 11 is 1.76. The molecule has 0 aromatic carbocycles. The Balaban J connectivity index is 1.43. The quantitative estimate of drug-likeness (QED) is 0.870. The highest BCUT2D eigenvalue weighted by atomic mass is 32.1. The van der Waals surface area contributed by atoms with Crippen molar-refractivity contribution in [2.24, 2.45) is 5.41 Å². The lowest BCUT2D eigenvalue weighted by molar-refractivity contribution is 0.215. The summed E-state index contributed by atoms with van der Waals surface area (Å²) in [4.78, 5) is 18.2. The van der Waals surface area contributed by atoms with Crippen LogP contribution in [0.25, 0.3) is 0 Å². The van der Waals surface area contributed by atoms with Gasteiger partial charge in [0.2, 0.25) is 5.95 Å². The lowest BCUT2D eigenvalue weighted by Crippen LogP contribution is -2.45. The Kier molecular flexibility index (Phi) is 3.80. The second-order valence-corrected chi connectivity index (χ2v) is 7.44. The molecule has 6 heteroatoms. The van der Waals surface area contributed by atoms with Gasteiger partial charge < -0.3 is 4.90 Å². The summed E-state index contributed by atoms with van der Waals surface area (Å²) in [7, 11) is 0. The van der Waals surface area contributed by atoms with Gasteiger partial charge in [-0.1, -0.05) is 0 Å². The van der Waals surface area contributed by atoms with Gasteiger partial charge in [-0.05, 0) is 31.9 Å². The largest absolute Gasteiger partial charge is 0.340 e. The van der Waals surface area contributed by atoms with Gasteiger partial charge in [-0.15, -0.1) is 11.3 Å². The summed E-state index contributed by atoms with van der Waals surface area (Å²) < 4.78 is 0. The molecule has 2 aliphatic heterocycles. The van der Waals surface area contributed by atoms with Crippen molar-refractivity contribution in [3.8, 4) is 0 Å². The molecule has 1 atom stereocenters. The zero-order valence-corrected chi connectivity index (χ0v) is 13.5. The molecule has 2 aromatic heterocycles. The first-order chi connectivity index (χ1) is 10.8. The first-order valence-corrected chi connectivity index (χ1v) is 8.84. The molecule has 2 saturated heterocycles. The molecule has 0 bridgehead atoms. The molecule has 0 aliphatic carbocycles. The van der Waals surface area contributed by atoms with Gasteiger partial charge in [0.1, 0.15) is 5.01 Å². The van der Waals surface area contributed by atoms with Crippen LogP contribution >= 0.6 is 11.3 Å². The standard InChI is InChI=1S/C16H21N5S/c1-3-16(13-21(8-1)15-18-5-2-6-19-15)4-9-20(12-16)11-14-17-7-10-22-14/h2,5-7,10H,1,3-4,8-9,11-13H2/t16-/m1/s1. The summed E-state index contributed by atoms with van der Waals surface area (Å²) in [6.07, 6.45) is 9.43. The number of piperidine rings is 1. The van der Waals surface area contributed by atoms with Crippen molar-refractivity contribution in [2.75, 3.05) is 31.1 Å². The summed E-state index contributed by atoms with van der Waals surface area (Å²) in [5, 5.41) is 3.30. The van der Waals surface area contributed by atoms with Crippen LogP contribution in [-0.2, 0) is 6.54 Å².